The van der Waals surface area contributed by atoms with Gasteiger partial charge in [0.2, 0.25) is 5.91 Å². The summed E-state index contributed by atoms with van der Waals surface area (Å²) in [7, 11) is 0. The number of nitrogens with one attached hydrogen (secondary N) is 1. The molecule has 1 unspecified atom stereocenters. The third-order valence-corrected chi connectivity index (χ3v) is 3.72. The number of anilines is 1. The molecule has 2 aromatic carbocycles. The van der Waals surface area contributed by atoms with Crippen molar-refractivity contribution < 1.29 is 25.2 Å². The summed E-state index contributed by atoms with van der Waals surface area (Å²) < 4.78 is 18.0. The molecule has 7 nitrogen and oxygen atoms in total. The van der Waals surface area contributed by atoms with Crippen LogP contribution in [0.1, 0.15) is 24.2 Å². The van der Waals surface area contributed by atoms with Crippen LogP contribution in [0.5, 0.6) is 0 Å². The van der Waals surface area contributed by atoms with Crippen LogP contribution in [0.3, 0.4) is 0 Å². The fourth-order valence-corrected chi connectivity index (χ4v) is 2.36. The van der Waals surface area contributed by atoms with E-state index < -0.39 is 24.6 Å². The van der Waals surface area contributed by atoms with Crippen LogP contribution in [0, 0.1) is 0 Å². The second kappa shape index (κ2) is 11.3. The highest BCUT2D eigenvalue weighted by Gasteiger charge is 2.18. The summed E-state index contributed by atoms with van der Waals surface area (Å²) in [5.74, 6) is -0.905. The number of hydrogen-bond acceptors (Lipinski definition) is 5. The van der Waals surface area contributed by atoms with Gasteiger partial charge in [-0.3, -0.25) is 9.69 Å². The lowest BCUT2D eigenvalue weighted by Gasteiger charge is -2.20. The molecule has 1 atom stereocenters. The molecule has 0 spiro atoms. The predicted octanol–water partition coefficient (Wildman–Crippen LogP) is 3.63. The van der Waals surface area contributed by atoms with Crippen molar-refractivity contribution in [2.24, 2.45) is 0 Å². The van der Waals surface area contributed by atoms with Gasteiger partial charge in [0.1, 0.15) is 13.1 Å². The van der Waals surface area contributed by atoms with Crippen LogP contribution in [0.4, 0.5) is 10.5 Å². The first-order valence-electron chi connectivity index (χ1n) is 9.63. The van der Waals surface area contributed by atoms with Gasteiger partial charge >= 0.3 is 12.1 Å². The van der Waals surface area contributed by atoms with E-state index in [1.807, 2.05) is 0 Å². The quantitative estimate of drug-likeness (QED) is 0.516. The SMILES string of the molecule is [2H]C(OC(=O)N(CC=C)CC(=O)Nc1ccc(C(=O)OCC)cc1)c1ccccc1. The molecule has 0 aliphatic rings. The van der Waals surface area contributed by atoms with Gasteiger partial charge in [-0.15, -0.1) is 6.58 Å². The molecule has 0 aliphatic heterocycles. The van der Waals surface area contributed by atoms with Crippen LogP contribution in [0.15, 0.2) is 67.3 Å². The van der Waals surface area contributed by atoms with Crippen molar-refractivity contribution in [2.75, 3.05) is 25.0 Å². The maximum atomic E-state index is 12.4. The average Bonchev–Trinajstić information content (AvgIpc) is 2.74. The van der Waals surface area contributed by atoms with Crippen molar-refractivity contribution >= 4 is 23.7 Å². The largest absolute Gasteiger partial charge is 0.462 e. The van der Waals surface area contributed by atoms with Crippen molar-refractivity contribution in [2.45, 2.75) is 13.5 Å². The lowest BCUT2D eigenvalue weighted by molar-refractivity contribution is -0.117. The molecule has 0 fully saturated rings. The van der Waals surface area contributed by atoms with Crippen molar-refractivity contribution in [3.63, 3.8) is 0 Å². The van der Waals surface area contributed by atoms with Crippen molar-refractivity contribution in [3.05, 3.63) is 78.4 Å². The third kappa shape index (κ3) is 7.14. The first-order chi connectivity index (χ1) is 14.4. The minimum Gasteiger partial charge on any atom is -0.462 e. The highest BCUT2D eigenvalue weighted by molar-refractivity contribution is 5.95. The number of benzene rings is 2. The van der Waals surface area contributed by atoms with Gasteiger partial charge in [0.25, 0.3) is 0 Å². The number of rotatable bonds is 9. The first kappa shape index (κ1) is 20.1. The van der Waals surface area contributed by atoms with E-state index in [0.29, 0.717) is 16.8 Å². The molecule has 29 heavy (non-hydrogen) atoms. The number of carbonyl (C=O) groups is 3. The highest BCUT2D eigenvalue weighted by atomic mass is 16.6. The highest BCUT2D eigenvalue weighted by Crippen LogP contribution is 2.11. The zero-order chi connectivity index (χ0) is 21.9. The number of ether oxygens (including phenoxy) is 2. The van der Waals surface area contributed by atoms with Gasteiger partial charge in [0.05, 0.1) is 13.5 Å². The predicted molar refractivity (Wildman–Crippen MR) is 109 cm³/mol. The number of carbonyl (C=O) groups excluding carboxylic acids is 3. The Hall–Kier alpha value is -3.61. The maximum absolute atomic E-state index is 12.4. The zero-order valence-corrected chi connectivity index (χ0v) is 16.2. The summed E-state index contributed by atoms with van der Waals surface area (Å²) in [6, 6.07) is 14.8. The zero-order valence-electron chi connectivity index (χ0n) is 17.2. The monoisotopic (exact) mass is 397 g/mol. The van der Waals surface area contributed by atoms with E-state index in [1.165, 1.54) is 18.2 Å². The minimum absolute atomic E-state index is 0.0789. The Kier molecular flexibility index (Phi) is 7.83. The molecular weight excluding hydrogens is 372 g/mol. The standard InChI is InChI=1S/C22H24N2O5/c1-3-14-24(22(27)29-16-17-8-6-5-7-9-17)15-20(25)23-19-12-10-18(11-13-19)21(26)28-4-2/h3,5-13H,1,4,14-16H2,2H3,(H,23,25)/i16D. The topological polar surface area (TPSA) is 84.9 Å². The second-order valence-corrected chi connectivity index (χ2v) is 5.93. The van der Waals surface area contributed by atoms with E-state index in [4.69, 9.17) is 10.8 Å². The first-order valence-corrected chi connectivity index (χ1v) is 9.05. The van der Waals surface area contributed by atoms with Crippen LogP contribution in [0.25, 0.3) is 0 Å². The van der Waals surface area contributed by atoms with Gasteiger partial charge in [0, 0.05) is 12.2 Å². The normalized spacial score (nSPS) is 11.6. The number of nitrogens with zero attached hydrogens (tertiary/aromatic N) is 1. The van der Waals surface area contributed by atoms with E-state index >= 15 is 0 Å². The summed E-state index contributed by atoms with van der Waals surface area (Å²) in [4.78, 5) is 37.5. The van der Waals surface area contributed by atoms with E-state index in [0.717, 1.165) is 4.90 Å². The summed E-state index contributed by atoms with van der Waals surface area (Å²) in [6.45, 7) is 4.16. The van der Waals surface area contributed by atoms with Gasteiger partial charge in [-0.2, -0.15) is 0 Å². The Morgan fingerprint density at radius 3 is 2.41 bits per heavy atom. The van der Waals surface area contributed by atoms with Crippen molar-refractivity contribution in [1.82, 2.24) is 4.90 Å². The Balaban J connectivity index is 1.95. The summed E-state index contributed by atoms with van der Waals surface area (Å²) >= 11 is 0. The molecular formula is C22H24N2O5. The Morgan fingerprint density at radius 2 is 1.79 bits per heavy atom. The molecule has 0 saturated carbocycles. The molecule has 152 valence electrons. The van der Waals surface area contributed by atoms with Crippen molar-refractivity contribution in [1.29, 1.82) is 0 Å². The number of amides is 2. The number of hydrogen-bond donors (Lipinski definition) is 1. The summed E-state index contributed by atoms with van der Waals surface area (Å²) in [5, 5.41) is 2.65. The molecule has 2 rings (SSSR count). The van der Waals surface area contributed by atoms with Gasteiger partial charge in [-0.25, -0.2) is 9.59 Å². The van der Waals surface area contributed by atoms with E-state index in [2.05, 4.69) is 11.9 Å². The van der Waals surface area contributed by atoms with E-state index in [-0.39, 0.29) is 19.7 Å². The molecule has 2 aromatic rings. The minimum atomic E-state index is -1.20. The van der Waals surface area contributed by atoms with Gasteiger partial charge < -0.3 is 14.8 Å². The van der Waals surface area contributed by atoms with Gasteiger partial charge in [-0.05, 0) is 36.8 Å². The van der Waals surface area contributed by atoms with E-state index in [9.17, 15) is 14.4 Å². The fourth-order valence-electron chi connectivity index (χ4n) is 2.36. The Bertz CT molecular complexity index is 871. The average molecular weight is 397 g/mol. The Labute approximate surface area is 171 Å². The Morgan fingerprint density at radius 1 is 1.10 bits per heavy atom. The molecule has 7 heteroatoms. The van der Waals surface area contributed by atoms with Crippen LogP contribution < -0.4 is 5.32 Å². The van der Waals surface area contributed by atoms with E-state index in [1.54, 1.807) is 49.4 Å². The maximum Gasteiger partial charge on any atom is 0.410 e. The number of esters is 1. The lowest BCUT2D eigenvalue weighted by Crippen LogP contribution is -2.38. The third-order valence-electron chi connectivity index (χ3n) is 3.72. The second-order valence-electron chi connectivity index (χ2n) is 5.93. The van der Waals surface area contributed by atoms with Gasteiger partial charge in [-0.1, -0.05) is 36.4 Å². The molecule has 0 aliphatic carbocycles. The van der Waals surface area contributed by atoms with Gasteiger partial charge in [0.15, 0.2) is 0 Å². The fraction of sp³-hybridized carbons (Fsp3) is 0.227. The smallest absolute Gasteiger partial charge is 0.410 e. The lowest BCUT2D eigenvalue weighted by atomic mass is 10.2. The molecule has 0 aromatic heterocycles. The molecule has 0 saturated heterocycles. The molecule has 0 heterocycles. The molecule has 1 N–H and O–H groups in total. The summed E-state index contributed by atoms with van der Waals surface area (Å²) in [6.07, 6.45) is 0.663. The van der Waals surface area contributed by atoms with Crippen molar-refractivity contribution in [3.8, 4) is 0 Å². The van der Waals surface area contributed by atoms with Crippen LogP contribution >= 0.6 is 0 Å². The molecule has 2 amide bonds. The summed E-state index contributed by atoms with van der Waals surface area (Å²) in [5.41, 5.74) is 1.35. The molecule has 0 bridgehead atoms. The van der Waals surface area contributed by atoms with Crippen LogP contribution in [-0.2, 0) is 20.9 Å². The molecule has 0 radical (unpaired) electrons. The van der Waals surface area contributed by atoms with Crippen LogP contribution in [-0.4, -0.2) is 42.6 Å². The van der Waals surface area contributed by atoms with Crippen LogP contribution in [0.2, 0.25) is 0 Å².